The minimum Gasteiger partial charge on any atom is -0.378 e. The van der Waals surface area contributed by atoms with Gasteiger partial charge in [-0.3, -0.25) is 0 Å². The lowest BCUT2D eigenvalue weighted by Crippen LogP contribution is -2.10. The summed E-state index contributed by atoms with van der Waals surface area (Å²) in [4.78, 5) is 0.144. The number of rotatable bonds is 3. The van der Waals surface area contributed by atoms with Crippen molar-refractivity contribution in [1.82, 2.24) is 0 Å². The van der Waals surface area contributed by atoms with E-state index in [2.05, 4.69) is 15.9 Å². The maximum absolute atomic E-state index is 12.1. The molecule has 0 saturated heterocycles. The van der Waals surface area contributed by atoms with Gasteiger partial charge in [0, 0.05) is 0 Å². The van der Waals surface area contributed by atoms with Gasteiger partial charge >= 0.3 is 10.1 Å². The quantitative estimate of drug-likeness (QED) is 0.797. The molecular formula is C14H13BrO3S. The SMILES string of the molecule is Cc1ccc(S(=O)(=O)Oc2ccc(C)cc2Br)cc1. The summed E-state index contributed by atoms with van der Waals surface area (Å²) in [5, 5.41) is 0. The molecule has 2 rings (SSSR count). The zero-order valence-electron chi connectivity index (χ0n) is 10.6. The third kappa shape index (κ3) is 3.36. The van der Waals surface area contributed by atoms with Crippen molar-refractivity contribution in [2.45, 2.75) is 18.7 Å². The molecule has 19 heavy (non-hydrogen) atoms. The Morgan fingerprint density at radius 1 is 0.947 bits per heavy atom. The molecule has 0 N–H and O–H groups in total. The molecule has 0 aromatic heterocycles. The van der Waals surface area contributed by atoms with Gasteiger partial charge in [0.05, 0.1) is 4.47 Å². The van der Waals surface area contributed by atoms with Crippen LogP contribution in [-0.2, 0) is 10.1 Å². The summed E-state index contributed by atoms with van der Waals surface area (Å²) in [5.74, 6) is 0.283. The van der Waals surface area contributed by atoms with Crippen molar-refractivity contribution in [1.29, 1.82) is 0 Å². The van der Waals surface area contributed by atoms with Crippen molar-refractivity contribution >= 4 is 26.0 Å². The normalized spacial score (nSPS) is 11.3. The van der Waals surface area contributed by atoms with Gasteiger partial charge in [0.25, 0.3) is 0 Å². The molecule has 2 aromatic rings. The molecule has 0 heterocycles. The van der Waals surface area contributed by atoms with E-state index in [9.17, 15) is 8.42 Å². The summed E-state index contributed by atoms with van der Waals surface area (Å²) in [7, 11) is -3.80. The highest BCUT2D eigenvalue weighted by atomic mass is 79.9. The Hall–Kier alpha value is -1.33. The molecule has 0 bridgehead atoms. The van der Waals surface area contributed by atoms with Crippen LogP contribution in [0.25, 0.3) is 0 Å². The van der Waals surface area contributed by atoms with Gasteiger partial charge in [0.2, 0.25) is 0 Å². The van der Waals surface area contributed by atoms with E-state index < -0.39 is 10.1 Å². The summed E-state index contributed by atoms with van der Waals surface area (Å²) in [6.07, 6.45) is 0. The van der Waals surface area contributed by atoms with Crippen molar-refractivity contribution in [3.8, 4) is 5.75 Å². The zero-order valence-corrected chi connectivity index (χ0v) is 13.0. The van der Waals surface area contributed by atoms with Crippen LogP contribution in [0.2, 0.25) is 0 Å². The Morgan fingerprint density at radius 3 is 2.11 bits per heavy atom. The summed E-state index contributed by atoms with van der Waals surface area (Å²) in [5.41, 5.74) is 2.02. The van der Waals surface area contributed by atoms with Crippen molar-refractivity contribution in [3.63, 3.8) is 0 Å². The Labute approximate surface area is 121 Å². The minimum atomic E-state index is -3.80. The molecule has 0 spiro atoms. The van der Waals surface area contributed by atoms with E-state index in [1.165, 1.54) is 12.1 Å². The lowest BCUT2D eigenvalue weighted by Gasteiger charge is -2.09. The van der Waals surface area contributed by atoms with Gasteiger partial charge in [-0.1, -0.05) is 23.8 Å². The Morgan fingerprint density at radius 2 is 1.53 bits per heavy atom. The summed E-state index contributed by atoms with van der Waals surface area (Å²) >= 11 is 3.29. The molecule has 3 nitrogen and oxygen atoms in total. The third-order valence-corrected chi connectivity index (χ3v) is 4.46. The molecule has 5 heteroatoms. The van der Waals surface area contributed by atoms with Gasteiger partial charge in [-0.2, -0.15) is 8.42 Å². The van der Waals surface area contributed by atoms with Gasteiger partial charge in [0.1, 0.15) is 4.90 Å². The summed E-state index contributed by atoms with van der Waals surface area (Å²) in [6.45, 7) is 3.82. The van der Waals surface area contributed by atoms with E-state index in [4.69, 9.17) is 4.18 Å². The first-order valence-corrected chi connectivity index (χ1v) is 7.86. The van der Waals surface area contributed by atoms with Crippen LogP contribution >= 0.6 is 15.9 Å². The van der Waals surface area contributed by atoms with E-state index in [-0.39, 0.29) is 10.6 Å². The first kappa shape index (κ1) is 14.1. The second-order valence-electron chi connectivity index (χ2n) is 4.28. The largest absolute Gasteiger partial charge is 0.378 e. The molecule has 0 radical (unpaired) electrons. The van der Waals surface area contributed by atoms with Crippen LogP contribution in [0, 0.1) is 13.8 Å². The van der Waals surface area contributed by atoms with Gasteiger partial charge in [-0.15, -0.1) is 0 Å². The average Bonchev–Trinajstić information content (AvgIpc) is 2.33. The monoisotopic (exact) mass is 340 g/mol. The fourth-order valence-electron chi connectivity index (χ4n) is 1.54. The van der Waals surface area contributed by atoms with E-state index >= 15 is 0 Å². The van der Waals surface area contributed by atoms with Crippen LogP contribution in [0.5, 0.6) is 5.75 Å². The van der Waals surface area contributed by atoms with Crippen LogP contribution in [0.1, 0.15) is 11.1 Å². The molecular weight excluding hydrogens is 328 g/mol. The van der Waals surface area contributed by atoms with E-state index in [1.807, 2.05) is 13.8 Å². The Balaban J connectivity index is 2.33. The predicted molar refractivity (Wildman–Crippen MR) is 77.9 cm³/mol. The van der Waals surface area contributed by atoms with E-state index in [0.717, 1.165) is 11.1 Å². The lowest BCUT2D eigenvalue weighted by atomic mass is 10.2. The highest BCUT2D eigenvalue weighted by Gasteiger charge is 2.17. The van der Waals surface area contributed by atoms with E-state index in [0.29, 0.717) is 4.47 Å². The number of halogens is 1. The molecule has 100 valence electrons. The molecule has 0 saturated carbocycles. The van der Waals surface area contributed by atoms with Gasteiger partial charge in [0.15, 0.2) is 5.75 Å². The van der Waals surface area contributed by atoms with Crippen molar-refractivity contribution in [2.75, 3.05) is 0 Å². The second-order valence-corrected chi connectivity index (χ2v) is 6.69. The smallest absolute Gasteiger partial charge is 0.339 e. The molecule has 2 aromatic carbocycles. The number of benzene rings is 2. The second kappa shape index (κ2) is 5.35. The van der Waals surface area contributed by atoms with Gasteiger partial charge in [-0.25, -0.2) is 0 Å². The lowest BCUT2D eigenvalue weighted by molar-refractivity contribution is 0.484. The number of aryl methyl sites for hydroxylation is 2. The maximum atomic E-state index is 12.1. The Kier molecular flexibility index (Phi) is 3.96. The standard InChI is InChI=1S/C14H13BrO3S/c1-10-3-6-12(7-4-10)19(16,17)18-14-8-5-11(2)9-13(14)15/h3-9H,1-2H3. The average molecular weight is 341 g/mol. The molecule has 0 aliphatic rings. The topological polar surface area (TPSA) is 43.4 Å². The van der Waals surface area contributed by atoms with Gasteiger partial charge < -0.3 is 4.18 Å². The number of hydrogen-bond donors (Lipinski definition) is 0. The van der Waals surface area contributed by atoms with Crippen LogP contribution in [-0.4, -0.2) is 8.42 Å². The van der Waals surface area contributed by atoms with Crippen LogP contribution in [0.3, 0.4) is 0 Å². The molecule has 0 unspecified atom stereocenters. The van der Waals surface area contributed by atoms with Crippen molar-refractivity contribution < 1.29 is 12.6 Å². The third-order valence-electron chi connectivity index (χ3n) is 2.60. The van der Waals surface area contributed by atoms with Crippen molar-refractivity contribution in [2.24, 2.45) is 0 Å². The first-order chi connectivity index (χ1) is 8.88. The molecule has 0 atom stereocenters. The fourth-order valence-corrected chi connectivity index (χ4v) is 3.17. The molecule has 0 amide bonds. The minimum absolute atomic E-state index is 0.144. The highest BCUT2D eigenvalue weighted by Crippen LogP contribution is 2.28. The maximum Gasteiger partial charge on any atom is 0.339 e. The van der Waals surface area contributed by atoms with Gasteiger partial charge in [-0.05, 0) is 59.6 Å². The summed E-state index contributed by atoms with van der Waals surface area (Å²) in [6, 6.07) is 11.8. The molecule has 0 aliphatic carbocycles. The van der Waals surface area contributed by atoms with Crippen LogP contribution in [0.15, 0.2) is 51.8 Å². The Bertz CT molecular complexity index is 691. The highest BCUT2D eigenvalue weighted by molar-refractivity contribution is 9.10. The predicted octanol–water partition coefficient (Wildman–Crippen LogP) is 3.83. The first-order valence-electron chi connectivity index (χ1n) is 5.66. The summed E-state index contributed by atoms with van der Waals surface area (Å²) < 4.78 is 30.0. The fraction of sp³-hybridized carbons (Fsp3) is 0.143. The van der Waals surface area contributed by atoms with Crippen LogP contribution < -0.4 is 4.18 Å². The van der Waals surface area contributed by atoms with Crippen molar-refractivity contribution in [3.05, 3.63) is 58.1 Å². The molecule has 0 fully saturated rings. The van der Waals surface area contributed by atoms with E-state index in [1.54, 1.807) is 30.3 Å². The zero-order chi connectivity index (χ0) is 14.0. The van der Waals surface area contributed by atoms with Crippen LogP contribution in [0.4, 0.5) is 0 Å². The molecule has 0 aliphatic heterocycles. The number of hydrogen-bond acceptors (Lipinski definition) is 3.